The normalized spacial score (nSPS) is 13.8. The average Bonchev–Trinajstić information content (AvgIpc) is 3.14. The minimum atomic E-state index is -0.932. The number of thiazole rings is 1. The lowest BCUT2D eigenvalue weighted by Gasteiger charge is -2.22. The van der Waals surface area contributed by atoms with Crippen molar-refractivity contribution < 1.29 is 19.1 Å². The largest absolute Gasteiger partial charge is 0.488 e. The fraction of sp³-hybridized carbons (Fsp3) is 0.227. The topological polar surface area (TPSA) is 68.7 Å². The molecule has 2 aromatic carbocycles. The number of rotatable bonds is 5. The molecule has 3 aromatic rings. The molecule has 8 heteroatoms. The summed E-state index contributed by atoms with van der Waals surface area (Å²) in [5.74, 6) is -0.242. The number of carbonyl (C=O) groups excluding carboxylic acids is 2. The summed E-state index contributed by atoms with van der Waals surface area (Å²) < 4.78 is 12.0. The van der Waals surface area contributed by atoms with Crippen molar-refractivity contribution in [3.05, 3.63) is 63.6 Å². The molecule has 154 valence electrons. The van der Waals surface area contributed by atoms with Gasteiger partial charge in [-0.05, 0) is 43.3 Å². The Balaban J connectivity index is 1.39. The predicted molar refractivity (Wildman–Crippen MR) is 117 cm³/mol. The van der Waals surface area contributed by atoms with Crippen LogP contribution in [0.5, 0.6) is 5.75 Å². The third-order valence-corrected chi connectivity index (χ3v) is 5.92. The predicted octanol–water partition coefficient (Wildman–Crippen LogP) is 4.32. The number of benzene rings is 2. The van der Waals surface area contributed by atoms with E-state index in [0.717, 1.165) is 15.2 Å². The van der Waals surface area contributed by atoms with Gasteiger partial charge >= 0.3 is 5.97 Å². The zero-order valence-corrected chi connectivity index (χ0v) is 18.0. The van der Waals surface area contributed by atoms with E-state index < -0.39 is 12.1 Å². The number of nitrogens with zero attached hydrogens (tertiary/aromatic N) is 2. The quantitative estimate of drug-likeness (QED) is 0.550. The Kier molecular flexibility index (Phi) is 5.74. The van der Waals surface area contributed by atoms with Crippen molar-refractivity contribution in [2.45, 2.75) is 19.6 Å². The number of aromatic nitrogens is 1. The van der Waals surface area contributed by atoms with E-state index in [1.54, 1.807) is 38.2 Å². The van der Waals surface area contributed by atoms with Gasteiger partial charge in [0.05, 0.1) is 22.3 Å². The van der Waals surface area contributed by atoms with Crippen LogP contribution in [0.15, 0.2) is 48.0 Å². The van der Waals surface area contributed by atoms with Gasteiger partial charge in [-0.1, -0.05) is 23.7 Å². The third kappa shape index (κ3) is 4.32. The molecule has 1 atom stereocenters. The van der Waals surface area contributed by atoms with Crippen molar-refractivity contribution in [2.24, 2.45) is 0 Å². The zero-order valence-electron chi connectivity index (χ0n) is 16.4. The number of fused-ring (bicyclic) bond motifs is 2. The molecule has 1 aliphatic heterocycles. The van der Waals surface area contributed by atoms with E-state index in [-0.39, 0.29) is 12.5 Å². The average molecular weight is 443 g/mol. The van der Waals surface area contributed by atoms with Crippen molar-refractivity contribution in [2.75, 3.05) is 13.7 Å². The summed E-state index contributed by atoms with van der Waals surface area (Å²) in [6.45, 7) is 1.98. The summed E-state index contributed by atoms with van der Waals surface area (Å²) in [6, 6.07) is 13.0. The molecule has 0 saturated heterocycles. The number of likely N-dealkylation sites (N-methyl/N-ethyl adjacent to an activating group) is 1. The lowest BCUT2D eigenvalue weighted by atomic mass is 10.1. The second-order valence-electron chi connectivity index (χ2n) is 6.96. The standard InChI is InChI=1S/C22H19ClN2O4S/c1-13(21(26)25(2)11-20-24-17-5-3-4-6-19(17)30-20)29-22(27)15-9-14-10-16(23)7-8-18(14)28-12-15/h3-10,13H,11-12H2,1-2H3. The minimum absolute atomic E-state index is 0.0793. The first-order chi connectivity index (χ1) is 14.4. The van der Waals surface area contributed by atoms with Crippen molar-refractivity contribution >= 4 is 51.1 Å². The summed E-state index contributed by atoms with van der Waals surface area (Å²) in [7, 11) is 1.67. The highest BCUT2D eigenvalue weighted by Gasteiger charge is 2.26. The summed E-state index contributed by atoms with van der Waals surface area (Å²) in [4.78, 5) is 31.3. The zero-order chi connectivity index (χ0) is 21.3. The van der Waals surface area contributed by atoms with E-state index in [1.807, 2.05) is 24.3 Å². The van der Waals surface area contributed by atoms with Crippen LogP contribution in [-0.4, -0.2) is 41.5 Å². The fourth-order valence-electron chi connectivity index (χ4n) is 3.13. The van der Waals surface area contributed by atoms with Crippen LogP contribution in [0.3, 0.4) is 0 Å². The Morgan fingerprint density at radius 2 is 2.10 bits per heavy atom. The molecule has 1 aromatic heterocycles. The number of hydrogen-bond donors (Lipinski definition) is 0. The van der Waals surface area contributed by atoms with Gasteiger partial charge in [-0.2, -0.15) is 0 Å². The lowest BCUT2D eigenvalue weighted by molar-refractivity contribution is -0.155. The van der Waals surface area contributed by atoms with Crippen LogP contribution in [0.25, 0.3) is 16.3 Å². The molecule has 0 bridgehead atoms. The molecule has 0 fully saturated rings. The smallest absolute Gasteiger partial charge is 0.338 e. The Hall–Kier alpha value is -2.90. The van der Waals surface area contributed by atoms with Gasteiger partial charge in [0.1, 0.15) is 17.4 Å². The van der Waals surface area contributed by atoms with E-state index in [0.29, 0.717) is 28.5 Å². The van der Waals surface area contributed by atoms with Crippen molar-refractivity contribution in [1.29, 1.82) is 0 Å². The highest BCUT2D eigenvalue weighted by Crippen LogP contribution is 2.29. The SMILES string of the molecule is CC(OC(=O)C1=Cc2cc(Cl)ccc2OC1)C(=O)N(C)Cc1nc2ccccc2s1. The molecule has 6 nitrogen and oxygen atoms in total. The number of halogens is 1. The Bertz CT molecular complexity index is 1120. The summed E-state index contributed by atoms with van der Waals surface area (Å²) >= 11 is 7.54. The maximum Gasteiger partial charge on any atom is 0.338 e. The van der Waals surface area contributed by atoms with Crippen LogP contribution in [0.2, 0.25) is 5.02 Å². The van der Waals surface area contributed by atoms with Crippen LogP contribution in [-0.2, 0) is 20.9 Å². The first kappa shape index (κ1) is 20.4. The monoisotopic (exact) mass is 442 g/mol. The first-order valence-corrected chi connectivity index (χ1v) is 10.5. The van der Waals surface area contributed by atoms with E-state index in [4.69, 9.17) is 21.1 Å². The van der Waals surface area contributed by atoms with Crippen molar-refractivity contribution in [1.82, 2.24) is 9.88 Å². The van der Waals surface area contributed by atoms with E-state index in [2.05, 4.69) is 4.98 Å². The molecule has 1 unspecified atom stereocenters. The molecular formula is C22H19ClN2O4S. The lowest BCUT2D eigenvalue weighted by Crippen LogP contribution is -2.37. The molecule has 0 spiro atoms. The number of esters is 1. The number of carbonyl (C=O) groups is 2. The molecule has 0 saturated carbocycles. The van der Waals surface area contributed by atoms with Crippen molar-refractivity contribution in [3.63, 3.8) is 0 Å². The maximum absolute atomic E-state index is 12.7. The molecular weight excluding hydrogens is 424 g/mol. The first-order valence-electron chi connectivity index (χ1n) is 9.34. The molecule has 0 aliphatic carbocycles. The third-order valence-electron chi connectivity index (χ3n) is 4.67. The van der Waals surface area contributed by atoms with Gasteiger partial charge in [-0.3, -0.25) is 4.79 Å². The van der Waals surface area contributed by atoms with Gasteiger partial charge in [-0.15, -0.1) is 11.3 Å². The van der Waals surface area contributed by atoms with Crippen LogP contribution in [0, 0.1) is 0 Å². The molecule has 0 N–H and O–H groups in total. The second-order valence-corrected chi connectivity index (χ2v) is 8.51. The van der Waals surface area contributed by atoms with Gasteiger partial charge in [0.2, 0.25) is 0 Å². The Labute approximate surface area is 182 Å². The van der Waals surface area contributed by atoms with E-state index in [1.165, 1.54) is 16.2 Å². The van der Waals surface area contributed by atoms with Crippen LogP contribution in [0.4, 0.5) is 0 Å². The summed E-state index contributed by atoms with van der Waals surface area (Å²) in [6.07, 6.45) is 0.744. The minimum Gasteiger partial charge on any atom is -0.488 e. The molecule has 1 amide bonds. The number of hydrogen-bond acceptors (Lipinski definition) is 6. The van der Waals surface area contributed by atoms with Crippen molar-refractivity contribution in [3.8, 4) is 5.75 Å². The molecule has 30 heavy (non-hydrogen) atoms. The fourth-order valence-corrected chi connectivity index (χ4v) is 4.33. The van der Waals surface area contributed by atoms with Gasteiger partial charge < -0.3 is 14.4 Å². The van der Waals surface area contributed by atoms with Crippen LogP contribution >= 0.6 is 22.9 Å². The molecule has 2 heterocycles. The summed E-state index contributed by atoms with van der Waals surface area (Å²) in [5, 5.41) is 1.37. The molecule has 0 radical (unpaired) electrons. The van der Waals surface area contributed by atoms with E-state index >= 15 is 0 Å². The van der Waals surface area contributed by atoms with Crippen LogP contribution in [0.1, 0.15) is 17.5 Å². The van der Waals surface area contributed by atoms with E-state index in [9.17, 15) is 9.59 Å². The number of amides is 1. The van der Waals surface area contributed by atoms with Gasteiger partial charge in [0.25, 0.3) is 5.91 Å². The highest BCUT2D eigenvalue weighted by molar-refractivity contribution is 7.18. The molecule has 1 aliphatic rings. The molecule has 4 rings (SSSR count). The van der Waals surface area contributed by atoms with Gasteiger partial charge in [0.15, 0.2) is 6.10 Å². The maximum atomic E-state index is 12.7. The Morgan fingerprint density at radius 1 is 1.30 bits per heavy atom. The second kappa shape index (κ2) is 8.45. The summed E-state index contributed by atoms with van der Waals surface area (Å²) in [5.41, 5.74) is 1.94. The number of para-hydroxylation sites is 1. The van der Waals surface area contributed by atoms with Gasteiger partial charge in [0, 0.05) is 17.6 Å². The Morgan fingerprint density at radius 3 is 2.90 bits per heavy atom. The van der Waals surface area contributed by atoms with Gasteiger partial charge in [-0.25, -0.2) is 9.78 Å². The highest BCUT2D eigenvalue weighted by atomic mass is 35.5. The number of ether oxygens (including phenoxy) is 2. The van der Waals surface area contributed by atoms with Crippen LogP contribution < -0.4 is 4.74 Å².